The summed E-state index contributed by atoms with van der Waals surface area (Å²) in [6, 6.07) is 8.12. The summed E-state index contributed by atoms with van der Waals surface area (Å²) >= 11 is 0. The third kappa shape index (κ3) is 6.88. The molecule has 1 amide bonds. The average molecular weight is 346 g/mol. The molecule has 0 radical (unpaired) electrons. The Hall–Kier alpha value is -1.85. The van der Waals surface area contributed by atoms with Crippen molar-refractivity contribution >= 4 is 5.91 Å². The molecule has 0 unspecified atom stereocenters. The number of benzene rings is 1. The Morgan fingerprint density at radius 1 is 1.48 bits per heavy atom. The van der Waals surface area contributed by atoms with Crippen LogP contribution in [0, 0.1) is 5.92 Å². The summed E-state index contributed by atoms with van der Waals surface area (Å²) in [5, 5.41) is 11.7. The molecule has 25 heavy (non-hydrogen) atoms. The highest BCUT2D eigenvalue weighted by atomic mass is 16.5. The lowest BCUT2D eigenvalue weighted by Crippen LogP contribution is -2.43. The smallest absolute Gasteiger partial charge is 0.224 e. The first kappa shape index (κ1) is 19.5. The lowest BCUT2D eigenvalue weighted by atomic mass is 9.96. The van der Waals surface area contributed by atoms with Gasteiger partial charge in [0.1, 0.15) is 12.4 Å². The van der Waals surface area contributed by atoms with Crippen LogP contribution in [0.2, 0.25) is 0 Å². The number of piperidine rings is 1. The van der Waals surface area contributed by atoms with E-state index in [0.717, 1.165) is 43.8 Å². The molecule has 2 N–H and O–H groups in total. The van der Waals surface area contributed by atoms with Gasteiger partial charge in [-0.05, 0) is 56.0 Å². The molecule has 1 heterocycles. The van der Waals surface area contributed by atoms with Gasteiger partial charge in [-0.15, -0.1) is 0 Å². The quantitative estimate of drug-likeness (QED) is 0.532. The van der Waals surface area contributed by atoms with Crippen LogP contribution >= 0.6 is 0 Å². The van der Waals surface area contributed by atoms with Gasteiger partial charge in [0.25, 0.3) is 0 Å². The zero-order valence-electron chi connectivity index (χ0n) is 15.2. The molecule has 0 spiro atoms. The number of aliphatic hydroxyl groups is 1. The molecule has 1 atom stereocenters. The van der Waals surface area contributed by atoms with Crippen molar-refractivity contribution in [3.63, 3.8) is 0 Å². The minimum atomic E-state index is 0.0373. The molecular weight excluding hydrogens is 316 g/mol. The van der Waals surface area contributed by atoms with Crippen molar-refractivity contribution in [2.75, 3.05) is 32.8 Å². The predicted octanol–water partition coefficient (Wildman–Crippen LogP) is 2.35. The van der Waals surface area contributed by atoms with Crippen LogP contribution in [0.1, 0.15) is 31.7 Å². The fraction of sp³-hybridized carbons (Fsp3) is 0.550. The summed E-state index contributed by atoms with van der Waals surface area (Å²) in [5.41, 5.74) is 2.19. The van der Waals surface area contributed by atoms with Gasteiger partial charge in [-0.2, -0.15) is 0 Å². The molecule has 2 rings (SSSR count). The van der Waals surface area contributed by atoms with Crippen molar-refractivity contribution in [2.24, 2.45) is 5.92 Å². The Morgan fingerprint density at radius 2 is 2.32 bits per heavy atom. The van der Waals surface area contributed by atoms with Crippen molar-refractivity contribution in [1.29, 1.82) is 0 Å². The number of nitrogens with zero attached hydrogens (tertiary/aromatic N) is 1. The van der Waals surface area contributed by atoms with Crippen LogP contribution in [0.15, 0.2) is 36.4 Å². The molecule has 5 nitrogen and oxygen atoms in total. The van der Waals surface area contributed by atoms with E-state index in [1.807, 2.05) is 19.1 Å². The summed E-state index contributed by atoms with van der Waals surface area (Å²) in [5.74, 6) is 1.00. The number of carbonyl (C=O) groups is 1. The average Bonchev–Trinajstić information content (AvgIpc) is 2.60. The summed E-state index contributed by atoms with van der Waals surface area (Å²) in [4.78, 5) is 14.6. The minimum absolute atomic E-state index is 0.0373. The summed E-state index contributed by atoms with van der Waals surface area (Å²) in [6.45, 7) is 9.61. The molecular formula is C20H30N2O3. The number of likely N-dealkylation sites (tertiary alicyclic amines) is 1. The second-order valence-corrected chi connectivity index (χ2v) is 6.84. The van der Waals surface area contributed by atoms with Crippen LogP contribution in [-0.2, 0) is 11.3 Å². The Bertz CT molecular complexity index is 574. The number of ether oxygens (including phenoxy) is 1. The third-order valence-electron chi connectivity index (χ3n) is 4.30. The first-order chi connectivity index (χ1) is 12.1. The molecule has 138 valence electrons. The minimum Gasteiger partial charge on any atom is -0.489 e. The number of nitrogens with one attached hydrogen (secondary N) is 1. The number of hydrogen-bond acceptors (Lipinski definition) is 4. The summed E-state index contributed by atoms with van der Waals surface area (Å²) < 4.78 is 5.71. The fourth-order valence-electron chi connectivity index (χ4n) is 3.05. The van der Waals surface area contributed by atoms with Gasteiger partial charge in [-0.25, -0.2) is 0 Å². The molecule has 1 aliphatic rings. The molecule has 1 saturated heterocycles. The molecule has 1 fully saturated rings. The molecule has 1 aromatic carbocycles. The van der Waals surface area contributed by atoms with E-state index >= 15 is 0 Å². The molecule has 1 aromatic rings. The molecule has 0 saturated carbocycles. The van der Waals surface area contributed by atoms with E-state index in [-0.39, 0.29) is 18.4 Å². The van der Waals surface area contributed by atoms with Gasteiger partial charge >= 0.3 is 0 Å². The maximum Gasteiger partial charge on any atom is 0.224 e. The SMILES string of the molecule is C=C(C)COc1cccc(CN2CCC[C@H](C(=O)NCCCO)C2)c1. The summed E-state index contributed by atoms with van der Waals surface area (Å²) in [6.07, 6.45) is 2.58. The Labute approximate surface area is 150 Å². The van der Waals surface area contributed by atoms with Crippen molar-refractivity contribution < 1.29 is 14.6 Å². The highest BCUT2D eigenvalue weighted by Gasteiger charge is 2.25. The number of carbonyl (C=O) groups excluding carboxylic acids is 1. The highest BCUT2D eigenvalue weighted by molar-refractivity contribution is 5.78. The van der Waals surface area contributed by atoms with E-state index in [0.29, 0.717) is 19.6 Å². The van der Waals surface area contributed by atoms with Crippen LogP contribution in [-0.4, -0.2) is 48.8 Å². The van der Waals surface area contributed by atoms with Gasteiger partial charge in [-0.1, -0.05) is 18.7 Å². The Morgan fingerprint density at radius 3 is 3.08 bits per heavy atom. The summed E-state index contributed by atoms with van der Waals surface area (Å²) in [7, 11) is 0. The normalized spacial score (nSPS) is 17.9. The van der Waals surface area contributed by atoms with Crippen LogP contribution in [0.25, 0.3) is 0 Å². The number of rotatable bonds is 9. The van der Waals surface area contributed by atoms with Crippen molar-refractivity contribution in [3.05, 3.63) is 42.0 Å². The third-order valence-corrected chi connectivity index (χ3v) is 4.30. The van der Waals surface area contributed by atoms with Gasteiger partial charge in [-0.3, -0.25) is 9.69 Å². The molecule has 0 bridgehead atoms. The van der Waals surface area contributed by atoms with Crippen molar-refractivity contribution in [1.82, 2.24) is 10.2 Å². The van der Waals surface area contributed by atoms with E-state index < -0.39 is 0 Å². The number of aliphatic hydroxyl groups excluding tert-OH is 1. The van der Waals surface area contributed by atoms with E-state index in [1.54, 1.807) is 0 Å². The van der Waals surface area contributed by atoms with Gasteiger partial charge < -0.3 is 15.2 Å². The lowest BCUT2D eigenvalue weighted by molar-refractivity contribution is -0.126. The first-order valence-electron chi connectivity index (χ1n) is 9.05. The van der Waals surface area contributed by atoms with Crippen LogP contribution in [0.3, 0.4) is 0 Å². The van der Waals surface area contributed by atoms with Gasteiger partial charge in [0.05, 0.1) is 5.92 Å². The lowest BCUT2D eigenvalue weighted by Gasteiger charge is -2.32. The molecule has 0 aromatic heterocycles. The highest BCUT2D eigenvalue weighted by Crippen LogP contribution is 2.21. The van der Waals surface area contributed by atoms with Crippen LogP contribution in [0.5, 0.6) is 5.75 Å². The number of hydrogen-bond donors (Lipinski definition) is 2. The van der Waals surface area contributed by atoms with E-state index in [4.69, 9.17) is 9.84 Å². The second kappa shape index (κ2) is 10.2. The van der Waals surface area contributed by atoms with Gasteiger partial charge in [0.15, 0.2) is 0 Å². The Kier molecular flexibility index (Phi) is 7.95. The standard InChI is InChI=1S/C20H30N2O3/c1-16(2)15-25-19-8-3-6-17(12-19)13-22-10-4-7-18(14-22)20(24)21-9-5-11-23/h3,6,8,12,18,23H,1,4-5,7,9-11,13-15H2,2H3,(H,21,24)/t18-/m0/s1. The van der Waals surface area contributed by atoms with Gasteiger partial charge in [0, 0.05) is 26.2 Å². The second-order valence-electron chi connectivity index (χ2n) is 6.84. The largest absolute Gasteiger partial charge is 0.489 e. The molecule has 0 aliphatic carbocycles. The Balaban J connectivity index is 1.86. The zero-order valence-corrected chi connectivity index (χ0v) is 15.2. The predicted molar refractivity (Wildman–Crippen MR) is 99.5 cm³/mol. The maximum atomic E-state index is 12.2. The zero-order chi connectivity index (χ0) is 18.1. The topological polar surface area (TPSA) is 61.8 Å². The van der Waals surface area contributed by atoms with Gasteiger partial charge in [0.2, 0.25) is 5.91 Å². The van der Waals surface area contributed by atoms with Crippen LogP contribution < -0.4 is 10.1 Å². The van der Waals surface area contributed by atoms with Crippen LogP contribution in [0.4, 0.5) is 0 Å². The maximum absolute atomic E-state index is 12.2. The number of amides is 1. The fourth-order valence-corrected chi connectivity index (χ4v) is 3.05. The van der Waals surface area contributed by atoms with E-state index in [1.165, 1.54) is 5.56 Å². The van der Waals surface area contributed by atoms with Crippen molar-refractivity contribution in [2.45, 2.75) is 32.7 Å². The van der Waals surface area contributed by atoms with Crippen molar-refractivity contribution in [3.8, 4) is 5.75 Å². The molecule has 5 heteroatoms. The van der Waals surface area contributed by atoms with E-state index in [2.05, 4.69) is 28.9 Å². The first-order valence-corrected chi connectivity index (χ1v) is 9.05. The molecule has 1 aliphatic heterocycles. The monoisotopic (exact) mass is 346 g/mol. The van der Waals surface area contributed by atoms with E-state index in [9.17, 15) is 4.79 Å².